The molecule has 3 N–H and O–H groups in total. The Morgan fingerprint density at radius 3 is 2.80 bits per heavy atom. The van der Waals surface area contributed by atoms with Gasteiger partial charge in [0.25, 0.3) is 0 Å². The predicted molar refractivity (Wildman–Crippen MR) is 58.1 cm³/mol. The molecular formula is C11H18N2O2. The summed E-state index contributed by atoms with van der Waals surface area (Å²) in [6.45, 7) is 2.93. The van der Waals surface area contributed by atoms with Crippen molar-refractivity contribution < 1.29 is 9.90 Å². The van der Waals surface area contributed by atoms with Gasteiger partial charge < -0.3 is 15.7 Å². The normalized spacial score (nSPS) is 19.0. The highest BCUT2D eigenvalue weighted by Gasteiger charge is 2.41. The lowest BCUT2D eigenvalue weighted by atomic mass is 10.1. The number of carbonyl (C=O) groups is 1. The van der Waals surface area contributed by atoms with Crippen LogP contribution in [0.5, 0.6) is 0 Å². The summed E-state index contributed by atoms with van der Waals surface area (Å²) < 4.78 is 0. The Labute approximate surface area is 90.4 Å². The van der Waals surface area contributed by atoms with E-state index in [9.17, 15) is 4.79 Å². The molecule has 0 spiro atoms. The van der Waals surface area contributed by atoms with Crippen molar-refractivity contribution >= 4 is 5.91 Å². The van der Waals surface area contributed by atoms with E-state index < -0.39 is 0 Å². The summed E-state index contributed by atoms with van der Waals surface area (Å²) in [7, 11) is 0. The van der Waals surface area contributed by atoms with Gasteiger partial charge in [0.1, 0.15) is 0 Å². The third-order valence-electron chi connectivity index (χ3n) is 2.83. The van der Waals surface area contributed by atoms with Crippen molar-refractivity contribution in [2.24, 2.45) is 5.41 Å². The number of terminal acetylenes is 1. The highest BCUT2D eigenvalue weighted by atomic mass is 16.3. The Hall–Kier alpha value is -1.05. The lowest BCUT2D eigenvalue weighted by molar-refractivity contribution is -0.122. The molecule has 0 aromatic rings. The fraction of sp³-hybridized carbons (Fsp3) is 0.727. The monoisotopic (exact) mass is 210 g/mol. The third kappa shape index (κ3) is 3.54. The fourth-order valence-corrected chi connectivity index (χ4v) is 1.32. The molecule has 1 aliphatic carbocycles. The van der Waals surface area contributed by atoms with E-state index in [0.29, 0.717) is 6.54 Å². The van der Waals surface area contributed by atoms with Crippen molar-refractivity contribution in [3.05, 3.63) is 0 Å². The zero-order valence-corrected chi connectivity index (χ0v) is 9.05. The molecule has 1 unspecified atom stereocenters. The molecule has 0 bridgehead atoms. The topological polar surface area (TPSA) is 61.4 Å². The van der Waals surface area contributed by atoms with Crippen LogP contribution >= 0.6 is 0 Å². The highest BCUT2D eigenvalue weighted by Crippen LogP contribution is 2.44. The zero-order valence-electron chi connectivity index (χ0n) is 9.05. The van der Waals surface area contributed by atoms with E-state index in [2.05, 4.69) is 16.6 Å². The third-order valence-corrected chi connectivity index (χ3v) is 2.83. The highest BCUT2D eigenvalue weighted by molar-refractivity contribution is 5.81. The van der Waals surface area contributed by atoms with Crippen LogP contribution in [0.25, 0.3) is 0 Å². The van der Waals surface area contributed by atoms with Gasteiger partial charge in [0.15, 0.2) is 0 Å². The SMILES string of the molecule is C#CCNC(=O)C(C)NCC1(CO)CC1. The standard InChI is InChI=1S/C11H18N2O2/c1-3-6-12-10(15)9(2)13-7-11(8-14)4-5-11/h1,9,13-14H,4-8H2,2H3,(H,12,15). The smallest absolute Gasteiger partial charge is 0.237 e. The maximum absolute atomic E-state index is 11.4. The minimum Gasteiger partial charge on any atom is -0.396 e. The van der Waals surface area contributed by atoms with E-state index in [-0.39, 0.29) is 30.5 Å². The van der Waals surface area contributed by atoms with Gasteiger partial charge in [-0.3, -0.25) is 4.79 Å². The fourth-order valence-electron chi connectivity index (χ4n) is 1.32. The van der Waals surface area contributed by atoms with E-state index in [1.807, 2.05) is 0 Å². The molecule has 4 heteroatoms. The quantitative estimate of drug-likeness (QED) is 0.517. The first-order valence-corrected chi connectivity index (χ1v) is 5.19. The Morgan fingerprint density at radius 1 is 1.67 bits per heavy atom. The van der Waals surface area contributed by atoms with E-state index in [1.54, 1.807) is 6.92 Å². The first-order chi connectivity index (χ1) is 7.13. The molecule has 1 saturated carbocycles. The van der Waals surface area contributed by atoms with Crippen molar-refractivity contribution in [1.29, 1.82) is 0 Å². The van der Waals surface area contributed by atoms with E-state index >= 15 is 0 Å². The lowest BCUT2D eigenvalue weighted by Gasteiger charge is -2.17. The van der Waals surface area contributed by atoms with Crippen LogP contribution in [0.15, 0.2) is 0 Å². The first kappa shape index (κ1) is 12.0. The molecular weight excluding hydrogens is 192 g/mol. The second kappa shape index (κ2) is 5.15. The van der Waals surface area contributed by atoms with Gasteiger partial charge in [0.05, 0.1) is 12.6 Å². The Bertz CT molecular complexity index is 266. The molecule has 84 valence electrons. The van der Waals surface area contributed by atoms with Gasteiger partial charge in [0.2, 0.25) is 5.91 Å². The van der Waals surface area contributed by atoms with Crippen LogP contribution in [0.3, 0.4) is 0 Å². The van der Waals surface area contributed by atoms with Crippen LogP contribution in [-0.4, -0.2) is 36.8 Å². The van der Waals surface area contributed by atoms with Gasteiger partial charge in [-0.1, -0.05) is 5.92 Å². The molecule has 1 atom stereocenters. The minimum atomic E-state index is -0.262. The second-order valence-electron chi connectivity index (χ2n) is 4.18. The largest absolute Gasteiger partial charge is 0.396 e. The van der Waals surface area contributed by atoms with Crippen LogP contribution in [0.2, 0.25) is 0 Å². The summed E-state index contributed by atoms with van der Waals surface area (Å²) in [6, 6.07) is -0.262. The zero-order chi connectivity index (χ0) is 11.3. The summed E-state index contributed by atoms with van der Waals surface area (Å²) in [5.41, 5.74) is 0.0284. The number of nitrogens with one attached hydrogen (secondary N) is 2. The van der Waals surface area contributed by atoms with E-state index in [0.717, 1.165) is 12.8 Å². The van der Waals surface area contributed by atoms with E-state index in [1.165, 1.54) is 0 Å². The van der Waals surface area contributed by atoms with Gasteiger partial charge in [-0.15, -0.1) is 6.42 Å². The molecule has 1 aliphatic rings. The number of aliphatic hydroxyl groups excluding tert-OH is 1. The summed E-state index contributed by atoms with van der Waals surface area (Å²) in [6.07, 6.45) is 7.11. The molecule has 15 heavy (non-hydrogen) atoms. The van der Waals surface area contributed by atoms with Gasteiger partial charge in [0, 0.05) is 18.6 Å². The van der Waals surface area contributed by atoms with Crippen LogP contribution in [0.4, 0.5) is 0 Å². The number of hydrogen-bond donors (Lipinski definition) is 3. The van der Waals surface area contributed by atoms with Crippen molar-refractivity contribution in [3.8, 4) is 12.3 Å². The van der Waals surface area contributed by atoms with Gasteiger partial charge in [-0.2, -0.15) is 0 Å². The number of rotatable bonds is 6. The van der Waals surface area contributed by atoms with Crippen molar-refractivity contribution in [2.75, 3.05) is 19.7 Å². The van der Waals surface area contributed by atoms with Crippen LogP contribution < -0.4 is 10.6 Å². The molecule has 0 radical (unpaired) electrons. The molecule has 0 aromatic heterocycles. The van der Waals surface area contributed by atoms with Crippen LogP contribution in [-0.2, 0) is 4.79 Å². The van der Waals surface area contributed by atoms with Crippen LogP contribution in [0.1, 0.15) is 19.8 Å². The molecule has 0 aliphatic heterocycles. The van der Waals surface area contributed by atoms with Crippen molar-refractivity contribution in [2.45, 2.75) is 25.8 Å². The lowest BCUT2D eigenvalue weighted by Crippen LogP contribution is -2.44. The van der Waals surface area contributed by atoms with Crippen molar-refractivity contribution in [3.63, 3.8) is 0 Å². The molecule has 1 amide bonds. The number of hydrogen-bond acceptors (Lipinski definition) is 3. The molecule has 4 nitrogen and oxygen atoms in total. The molecule has 0 saturated heterocycles. The second-order valence-corrected chi connectivity index (χ2v) is 4.18. The summed E-state index contributed by atoms with van der Waals surface area (Å²) in [5.74, 6) is 2.25. The van der Waals surface area contributed by atoms with Crippen LogP contribution in [0, 0.1) is 17.8 Å². The summed E-state index contributed by atoms with van der Waals surface area (Å²) >= 11 is 0. The maximum atomic E-state index is 11.4. The molecule has 1 rings (SSSR count). The molecule has 1 fully saturated rings. The maximum Gasteiger partial charge on any atom is 0.237 e. The molecule has 0 aromatic carbocycles. The Kier molecular flexibility index (Phi) is 4.13. The van der Waals surface area contributed by atoms with Gasteiger partial charge >= 0.3 is 0 Å². The average Bonchev–Trinajstić information content (AvgIpc) is 3.03. The Morgan fingerprint density at radius 2 is 2.33 bits per heavy atom. The first-order valence-electron chi connectivity index (χ1n) is 5.19. The summed E-state index contributed by atoms with van der Waals surface area (Å²) in [5, 5.41) is 14.8. The number of carbonyl (C=O) groups excluding carboxylic acids is 1. The minimum absolute atomic E-state index is 0.0284. The van der Waals surface area contributed by atoms with Crippen molar-refractivity contribution in [1.82, 2.24) is 10.6 Å². The Balaban J connectivity index is 2.21. The van der Waals surface area contributed by atoms with E-state index in [4.69, 9.17) is 11.5 Å². The number of amides is 1. The predicted octanol–water partition coefficient (Wildman–Crippen LogP) is -0.514. The summed E-state index contributed by atoms with van der Waals surface area (Å²) in [4.78, 5) is 11.4. The van der Waals surface area contributed by atoms with Gasteiger partial charge in [-0.25, -0.2) is 0 Å². The molecule has 0 heterocycles. The average molecular weight is 210 g/mol. The number of aliphatic hydroxyl groups is 1. The van der Waals surface area contributed by atoms with Gasteiger partial charge in [-0.05, 0) is 19.8 Å².